The lowest BCUT2D eigenvalue weighted by Crippen LogP contribution is -2.47. The second kappa shape index (κ2) is 15.1. The van der Waals surface area contributed by atoms with Gasteiger partial charge in [0.2, 0.25) is 17.7 Å². The Hall–Kier alpha value is -1.30. The molecule has 6 nitrogen and oxygen atoms in total. The Morgan fingerprint density at radius 1 is 1.05 bits per heavy atom. The fourth-order valence-corrected chi connectivity index (χ4v) is 1.54. The van der Waals surface area contributed by atoms with Crippen molar-refractivity contribution in [3.8, 4) is 0 Å². The summed E-state index contributed by atoms with van der Waals surface area (Å²) in [5.74, 6) is -0.819. The molecule has 0 aromatic carbocycles. The summed E-state index contributed by atoms with van der Waals surface area (Å²) in [6.45, 7) is 8.56. The molecule has 0 aliphatic rings. The van der Waals surface area contributed by atoms with Crippen LogP contribution in [0.3, 0.4) is 0 Å². The normalized spacial score (nSPS) is 10.7. The SMILES string of the molecule is CC.CCNC(=O)C(CCCNC(=O)CC)NC(=O)CCl. The largest absolute Gasteiger partial charge is 0.356 e. The maximum Gasteiger partial charge on any atom is 0.242 e. The monoisotopic (exact) mass is 321 g/mol. The molecule has 0 aromatic heterocycles. The van der Waals surface area contributed by atoms with E-state index in [-0.39, 0.29) is 23.6 Å². The van der Waals surface area contributed by atoms with Gasteiger partial charge in [-0.25, -0.2) is 0 Å². The van der Waals surface area contributed by atoms with Gasteiger partial charge in [-0.2, -0.15) is 0 Å². The van der Waals surface area contributed by atoms with Crippen LogP contribution in [0.15, 0.2) is 0 Å². The first kappa shape index (κ1) is 22.0. The fraction of sp³-hybridized carbons (Fsp3) is 0.786. The molecule has 21 heavy (non-hydrogen) atoms. The van der Waals surface area contributed by atoms with E-state index in [0.29, 0.717) is 32.4 Å². The molecular weight excluding hydrogens is 294 g/mol. The first-order valence-electron chi connectivity index (χ1n) is 7.44. The minimum absolute atomic E-state index is 0.0284. The zero-order chi connectivity index (χ0) is 16.7. The Bertz CT molecular complexity index is 312. The first-order valence-corrected chi connectivity index (χ1v) is 7.98. The van der Waals surface area contributed by atoms with Crippen LogP contribution in [0.5, 0.6) is 0 Å². The van der Waals surface area contributed by atoms with Crippen LogP contribution in [-0.4, -0.2) is 42.7 Å². The molecule has 0 heterocycles. The second-order valence-electron chi connectivity index (χ2n) is 3.99. The highest BCUT2D eigenvalue weighted by atomic mass is 35.5. The second-order valence-corrected chi connectivity index (χ2v) is 4.26. The van der Waals surface area contributed by atoms with Crippen LogP contribution in [0, 0.1) is 0 Å². The summed E-state index contributed by atoms with van der Waals surface area (Å²) in [7, 11) is 0. The summed E-state index contributed by atoms with van der Waals surface area (Å²) >= 11 is 5.40. The Balaban J connectivity index is 0. The van der Waals surface area contributed by atoms with Crippen LogP contribution in [0.25, 0.3) is 0 Å². The van der Waals surface area contributed by atoms with Crippen LogP contribution in [-0.2, 0) is 14.4 Å². The van der Waals surface area contributed by atoms with Gasteiger partial charge >= 0.3 is 0 Å². The third-order valence-corrected chi connectivity index (χ3v) is 2.68. The van der Waals surface area contributed by atoms with Crippen LogP contribution in [0.1, 0.15) is 47.0 Å². The maximum absolute atomic E-state index is 11.7. The zero-order valence-electron chi connectivity index (χ0n) is 13.4. The molecule has 0 saturated heterocycles. The van der Waals surface area contributed by atoms with Crippen molar-refractivity contribution in [2.45, 2.75) is 53.0 Å². The van der Waals surface area contributed by atoms with Crippen molar-refractivity contribution >= 4 is 29.3 Å². The predicted molar refractivity (Wildman–Crippen MR) is 85.2 cm³/mol. The fourth-order valence-electron chi connectivity index (χ4n) is 1.46. The van der Waals surface area contributed by atoms with Gasteiger partial charge in [0.25, 0.3) is 0 Å². The Morgan fingerprint density at radius 2 is 1.67 bits per heavy atom. The minimum atomic E-state index is -0.607. The molecule has 3 amide bonds. The summed E-state index contributed by atoms with van der Waals surface area (Å²) in [5.41, 5.74) is 0. The Kier molecular flexibility index (Phi) is 15.8. The number of alkyl halides is 1. The van der Waals surface area contributed by atoms with Gasteiger partial charge in [0.1, 0.15) is 11.9 Å². The number of halogens is 1. The maximum atomic E-state index is 11.7. The summed E-state index contributed by atoms with van der Waals surface area (Å²) in [4.78, 5) is 34.0. The van der Waals surface area contributed by atoms with Gasteiger partial charge in [0, 0.05) is 19.5 Å². The highest BCUT2D eigenvalue weighted by Gasteiger charge is 2.19. The van der Waals surface area contributed by atoms with Crippen LogP contribution >= 0.6 is 11.6 Å². The van der Waals surface area contributed by atoms with Crippen molar-refractivity contribution in [2.75, 3.05) is 19.0 Å². The summed E-state index contributed by atoms with van der Waals surface area (Å²) in [6, 6.07) is -0.607. The van der Waals surface area contributed by atoms with E-state index < -0.39 is 6.04 Å². The van der Waals surface area contributed by atoms with Crippen molar-refractivity contribution in [3.05, 3.63) is 0 Å². The van der Waals surface area contributed by atoms with E-state index in [1.165, 1.54) is 0 Å². The van der Waals surface area contributed by atoms with E-state index in [9.17, 15) is 14.4 Å². The third-order valence-electron chi connectivity index (χ3n) is 2.44. The molecule has 0 saturated carbocycles. The lowest BCUT2D eigenvalue weighted by Gasteiger charge is -2.17. The average Bonchev–Trinajstić information content (AvgIpc) is 2.51. The quantitative estimate of drug-likeness (QED) is 0.440. The average molecular weight is 322 g/mol. The molecule has 3 N–H and O–H groups in total. The van der Waals surface area contributed by atoms with Gasteiger partial charge in [0.15, 0.2) is 0 Å². The lowest BCUT2D eigenvalue weighted by molar-refractivity contribution is -0.128. The topological polar surface area (TPSA) is 87.3 Å². The highest BCUT2D eigenvalue weighted by Crippen LogP contribution is 1.98. The predicted octanol–water partition coefficient (Wildman–Crippen LogP) is 1.18. The van der Waals surface area contributed by atoms with Crippen molar-refractivity contribution in [3.63, 3.8) is 0 Å². The number of likely N-dealkylation sites (N-methyl/N-ethyl adjacent to an activating group) is 1. The minimum Gasteiger partial charge on any atom is -0.356 e. The van der Waals surface area contributed by atoms with Crippen molar-refractivity contribution in [1.82, 2.24) is 16.0 Å². The number of rotatable bonds is 9. The van der Waals surface area contributed by atoms with E-state index in [1.54, 1.807) is 13.8 Å². The van der Waals surface area contributed by atoms with Gasteiger partial charge in [0.05, 0.1) is 0 Å². The van der Waals surface area contributed by atoms with E-state index in [4.69, 9.17) is 11.6 Å². The molecule has 0 aromatic rings. The Morgan fingerprint density at radius 3 is 2.14 bits per heavy atom. The van der Waals surface area contributed by atoms with E-state index in [0.717, 1.165) is 0 Å². The molecule has 0 spiro atoms. The lowest BCUT2D eigenvalue weighted by atomic mass is 10.1. The third kappa shape index (κ3) is 12.2. The molecule has 0 radical (unpaired) electrons. The number of hydrogen-bond acceptors (Lipinski definition) is 3. The molecule has 124 valence electrons. The van der Waals surface area contributed by atoms with E-state index in [2.05, 4.69) is 16.0 Å². The van der Waals surface area contributed by atoms with Crippen LogP contribution in [0.2, 0.25) is 0 Å². The summed E-state index contributed by atoms with van der Waals surface area (Å²) in [5, 5.41) is 7.93. The molecule has 0 aliphatic carbocycles. The number of amides is 3. The van der Waals surface area contributed by atoms with Crippen LogP contribution in [0.4, 0.5) is 0 Å². The standard InChI is InChI=1S/C12H22ClN3O3.C2H6/c1-3-10(17)15-7-5-6-9(12(19)14-4-2)16-11(18)8-13;1-2/h9H,3-8H2,1-2H3,(H,14,19)(H,15,17)(H,16,18);1-2H3. The van der Waals surface area contributed by atoms with E-state index >= 15 is 0 Å². The number of nitrogens with one attached hydrogen (secondary N) is 3. The molecule has 1 atom stereocenters. The molecule has 7 heteroatoms. The van der Waals surface area contributed by atoms with Crippen molar-refractivity contribution < 1.29 is 14.4 Å². The van der Waals surface area contributed by atoms with Gasteiger partial charge < -0.3 is 16.0 Å². The van der Waals surface area contributed by atoms with Crippen molar-refractivity contribution in [2.24, 2.45) is 0 Å². The Labute approximate surface area is 132 Å². The molecule has 0 aliphatic heterocycles. The van der Waals surface area contributed by atoms with Gasteiger partial charge in [-0.15, -0.1) is 11.6 Å². The highest BCUT2D eigenvalue weighted by molar-refractivity contribution is 6.27. The van der Waals surface area contributed by atoms with E-state index in [1.807, 2.05) is 13.8 Å². The van der Waals surface area contributed by atoms with Crippen LogP contribution < -0.4 is 16.0 Å². The van der Waals surface area contributed by atoms with Crippen molar-refractivity contribution in [1.29, 1.82) is 0 Å². The zero-order valence-corrected chi connectivity index (χ0v) is 14.2. The van der Waals surface area contributed by atoms with Gasteiger partial charge in [-0.1, -0.05) is 20.8 Å². The number of hydrogen-bond donors (Lipinski definition) is 3. The molecule has 0 rings (SSSR count). The smallest absolute Gasteiger partial charge is 0.242 e. The first-order chi connectivity index (χ1) is 10.0. The number of carbonyl (C=O) groups excluding carboxylic acids is 3. The summed E-state index contributed by atoms with van der Waals surface area (Å²) < 4.78 is 0. The number of carbonyl (C=O) groups is 3. The molecule has 0 bridgehead atoms. The summed E-state index contributed by atoms with van der Waals surface area (Å²) in [6.07, 6.45) is 1.50. The van der Waals surface area contributed by atoms with Gasteiger partial charge in [-0.05, 0) is 19.8 Å². The molecule has 0 fully saturated rings. The molecule has 1 unspecified atom stereocenters. The van der Waals surface area contributed by atoms with Gasteiger partial charge in [-0.3, -0.25) is 14.4 Å². The molecular formula is C14H28ClN3O3.